The molecule has 1 heterocycles. The molecule has 0 bridgehead atoms. The Hall–Kier alpha value is -2.70. The number of hydrogen-bond acceptors (Lipinski definition) is 14. The van der Waals surface area contributed by atoms with Gasteiger partial charge in [0.2, 0.25) is 0 Å². The molecule has 1 N–H and O–H groups in total. The number of aromatic nitrogens is 3. The molecule has 0 aliphatic rings. The third-order valence-electron chi connectivity index (χ3n) is 3.60. The number of anilines is 3. The molecule has 16 heteroatoms. The van der Waals surface area contributed by atoms with E-state index in [1.54, 1.807) is 12.1 Å². The van der Waals surface area contributed by atoms with Crippen LogP contribution < -0.4 is 15.5 Å². The van der Waals surface area contributed by atoms with Gasteiger partial charge in [-0.15, -0.1) is 0 Å². The van der Waals surface area contributed by atoms with Gasteiger partial charge in [0, 0.05) is 7.11 Å². The average molecular weight is 493 g/mol. The van der Waals surface area contributed by atoms with Crippen molar-refractivity contribution in [1.29, 1.82) is 0 Å². The highest BCUT2D eigenvalue weighted by Crippen LogP contribution is 2.19. The largest absolute Gasteiger partial charge is 0.362 e. The van der Waals surface area contributed by atoms with Crippen molar-refractivity contribution in [3.63, 3.8) is 0 Å². The fourth-order valence-corrected chi connectivity index (χ4v) is 2.59. The van der Waals surface area contributed by atoms with Crippen LogP contribution in [-0.2, 0) is 39.0 Å². The summed E-state index contributed by atoms with van der Waals surface area (Å²) in [5.41, 5.74) is 0.956. The second kappa shape index (κ2) is 13.8. The molecular formula is C17H28N6O9S. The lowest BCUT2D eigenvalue weighted by Crippen LogP contribution is -2.31. The summed E-state index contributed by atoms with van der Waals surface area (Å²) in [5, 5.41) is 3.22. The van der Waals surface area contributed by atoms with Crippen molar-refractivity contribution in [3.05, 3.63) is 29.8 Å². The van der Waals surface area contributed by atoms with Gasteiger partial charge in [0.1, 0.15) is 6.73 Å². The average Bonchev–Trinajstić information content (AvgIpc) is 2.79. The molecule has 0 radical (unpaired) electrons. The highest BCUT2D eigenvalue weighted by atomic mass is 32.2. The monoisotopic (exact) mass is 492 g/mol. The molecule has 0 saturated carbocycles. The Morgan fingerprint density at radius 3 is 1.52 bits per heavy atom. The number of rotatable bonds is 11. The zero-order chi connectivity index (χ0) is 25.0. The highest BCUT2D eigenvalue weighted by molar-refractivity contribution is 7.85. The van der Waals surface area contributed by atoms with E-state index in [4.69, 9.17) is 33.5 Å². The Balaban J connectivity index is 0.000000412. The fourth-order valence-electron chi connectivity index (χ4n) is 2.11. The van der Waals surface area contributed by atoms with Crippen LogP contribution >= 0.6 is 0 Å². The Labute approximate surface area is 191 Å². The highest BCUT2D eigenvalue weighted by Gasteiger charge is 2.21. The van der Waals surface area contributed by atoms with Gasteiger partial charge in [0.05, 0.1) is 40.4 Å². The summed E-state index contributed by atoms with van der Waals surface area (Å²) >= 11 is 0. The van der Waals surface area contributed by atoms with Crippen LogP contribution in [0.3, 0.4) is 0 Å². The summed E-state index contributed by atoms with van der Waals surface area (Å²) in [6.45, 7) is 1.92. The summed E-state index contributed by atoms with van der Waals surface area (Å²) in [6.07, 6.45) is 0. The van der Waals surface area contributed by atoms with E-state index in [9.17, 15) is 8.42 Å². The van der Waals surface area contributed by atoms with Crippen molar-refractivity contribution < 1.29 is 41.9 Å². The number of hydroxylamine groups is 1. The van der Waals surface area contributed by atoms with Crippen LogP contribution in [0.1, 0.15) is 5.56 Å². The molecule has 0 amide bonds. The topological polar surface area (TPSA) is 158 Å². The van der Waals surface area contributed by atoms with E-state index in [1.165, 1.54) is 59.9 Å². The SMILES string of the molecule is COCN(OC)c1nc(N(OC)OC)nc(N(OC)OC)n1.Cc1ccc(S(=O)(=O)O)cc1. The zero-order valence-electron chi connectivity index (χ0n) is 19.3. The molecular weight excluding hydrogens is 464 g/mol. The third kappa shape index (κ3) is 8.63. The normalized spacial score (nSPS) is 10.9. The molecule has 1 aromatic carbocycles. The molecule has 0 saturated heterocycles. The molecule has 0 aliphatic heterocycles. The molecule has 0 spiro atoms. The van der Waals surface area contributed by atoms with Gasteiger partial charge in [-0.25, -0.2) is 19.4 Å². The first kappa shape index (κ1) is 28.3. The van der Waals surface area contributed by atoms with Crippen LogP contribution in [0.2, 0.25) is 0 Å². The van der Waals surface area contributed by atoms with Gasteiger partial charge in [-0.05, 0) is 19.1 Å². The van der Waals surface area contributed by atoms with Crippen LogP contribution in [0.25, 0.3) is 0 Å². The third-order valence-corrected chi connectivity index (χ3v) is 4.47. The first-order chi connectivity index (χ1) is 15.6. The number of methoxy groups -OCH3 is 1. The van der Waals surface area contributed by atoms with E-state index >= 15 is 0 Å². The maximum atomic E-state index is 10.5. The van der Waals surface area contributed by atoms with Gasteiger partial charge in [-0.2, -0.15) is 28.4 Å². The number of benzene rings is 1. The maximum absolute atomic E-state index is 10.5. The van der Waals surface area contributed by atoms with Crippen molar-refractivity contribution in [2.24, 2.45) is 0 Å². The molecule has 2 rings (SSSR count). The molecule has 0 unspecified atom stereocenters. The summed E-state index contributed by atoms with van der Waals surface area (Å²) in [5.74, 6) is 0.215. The first-order valence-electron chi connectivity index (χ1n) is 9.02. The molecule has 2 aromatic rings. The van der Waals surface area contributed by atoms with Crippen LogP contribution in [0.4, 0.5) is 17.8 Å². The van der Waals surface area contributed by atoms with Gasteiger partial charge >= 0.3 is 0 Å². The molecule has 186 valence electrons. The standard InChI is InChI=1S/C10H20N6O6.C7H8O3S/c1-17-7-14(18-2)8-11-9(15(19-3)20-4)13-10(12-8)16(21-5)22-6;1-6-2-4-7(5-3-6)11(8,9)10/h7H2,1-6H3;2-5H,1H3,(H,8,9,10). The summed E-state index contributed by atoms with van der Waals surface area (Å²) in [4.78, 5) is 37.4. The number of aryl methyl sites for hydroxylation is 1. The van der Waals surface area contributed by atoms with Crippen LogP contribution in [0.5, 0.6) is 0 Å². The number of ether oxygens (including phenoxy) is 1. The van der Waals surface area contributed by atoms with E-state index in [0.717, 1.165) is 16.0 Å². The molecule has 0 atom stereocenters. The van der Waals surface area contributed by atoms with Gasteiger partial charge in [-0.1, -0.05) is 28.1 Å². The smallest absolute Gasteiger partial charge is 0.294 e. The second-order valence-corrected chi connectivity index (χ2v) is 7.17. The van der Waals surface area contributed by atoms with Gasteiger partial charge in [0.25, 0.3) is 28.0 Å². The summed E-state index contributed by atoms with van der Waals surface area (Å²) in [7, 11) is 4.48. The quantitative estimate of drug-likeness (QED) is 0.268. The Bertz CT molecular complexity index is 910. The van der Waals surface area contributed by atoms with Crippen LogP contribution in [-0.4, -0.2) is 77.3 Å². The van der Waals surface area contributed by atoms with E-state index in [-0.39, 0.29) is 29.5 Å². The van der Waals surface area contributed by atoms with E-state index < -0.39 is 10.1 Å². The lowest BCUT2D eigenvalue weighted by molar-refractivity contribution is -0.0527. The van der Waals surface area contributed by atoms with Crippen molar-refractivity contribution in [2.45, 2.75) is 11.8 Å². The van der Waals surface area contributed by atoms with Gasteiger partial charge in [-0.3, -0.25) is 9.39 Å². The van der Waals surface area contributed by atoms with Crippen molar-refractivity contribution >= 4 is 28.0 Å². The van der Waals surface area contributed by atoms with Gasteiger partial charge in [0.15, 0.2) is 0 Å². The minimum Gasteiger partial charge on any atom is -0.362 e. The van der Waals surface area contributed by atoms with Gasteiger partial charge < -0.3 is 4.74 Å². The number of hydrogen-bond donors (Lipinski definition) is 1. The minimum atomic E-state index is -4.02. The van der Waals surface area contributed by atoms with Crippen molar-refractivity contribution in [2.75, 3.05) is 64.9 Å². The Morgan fingerprint density at radius 2 is 1.18 bits per heavy atom. The maximum Gasteiger partial charge on any atom is 0.294 e. The van der Waals surface area contributed by atoms with E-state index in [1.807, 2.05) is 6.92 Å². The van der Waals surface area contributed by atoms with Crippen molar-refractivity contribution in [3.8, 4) is 0 Å². The zero-order valence-corrected chi connectivity index (χ0v) is 20.1. The molecule has 1 aromatic heterocycles. The fraction of sp³-hybridized carbons (Fsp3) is 0.471. The molecule has 0 fully saturated rings. The first-order valence-corrected chi connectivity index (χ1v) is 10.5. The molecule has 33 heavy (non-hydrogen) atoms. The Morgan fingerprint density at radius 1 is 0.758 bits per heavy atom. The molecule has 15 nitrogen and oxygen atoms in total. The number of nitrogens with zero attached hydrogens (tertiary/aromatic N) is 6. The van der Waals surface area contributed by atoms with Crippen LogP contribution in [0.15, 0.2) is 29.2 Å². The lowest BCUT2D eigenvalue weighted by Gasteiger charge is -2.23. The van der Waals surface area contributed by atoms with E-state index in [2.05, 4.69) is 15.0 Å². The minimum absolute atomic E-state index is 0.0438. The van der Waals surface area contributed by atoms with E-state index in [0.29, 0.717) is 0 Å². The molecule has 0 aliphatic carbocycles. The summed E-state index contributed by atoms with van der Waals surface area (Å²) < 4.78 is 34.6. The lowest BCUT2D eigenvalue weighted by atomic mass is 10.2. The predicted octanol–water partition coefficient (Wildman–Crippen LogP) is 0.943. The summed E-state index contributed by atoms with van der Waals surface area (Å²) in [6, 6.07) is 5.99. The second-order valence-electron chi connectivity index (χ2n) is 5.75. The Kier molecular flexibility index (Phi) is 11.8. The predicted molar refractivity (Wildman–Crippen MR) is 115 cm³/mol. The van der Waals surface area contributed by atoms with Crippen LogP contribution in [0, 0.1) is 6.92 Å². The van der Waals surface area contributed by atoms with Crippen molar-refractivity contribution in [1.82, 2.24) is 15.0 Å².